The fourth-order valence-corrected chi connectivity index (χ4v) is 2.64. The molecule has 0 bridgehead atoms. The molecule has 0 heterocycles. The first-order valence-electron chi connectivity index (χ1n) is 7.79. The van der Waals surface area contributed by atoms with Crippen LogP contribution < -0.4 is 10.8 Å². The van der Waals surface area contributed by atoms with Crippen LogP contribution in [0.15, 0.2) is 72.8 Å². The number of carbonyl (C=O) groups excluding carboxylic acids is 1. The lowest BCUT2D eigenvalue weighted by atomic mass is 10.0. The molecule has 0 aliphatic heterocycles. The predicted octanol–water partition coefficient (Wildman–Crippen LogP) is 4.74. The Labute approximate surface area is 151 Å². The Morgan fingerprint density at radius 3 is 2.32 bits per heavy atom. The summed E-state index contributed by atoms with van der Waals surface area (Å²) in [5, 5.41) is 12.7. The van der Waals surface area contributed by atoms with Gasteiger partial charge in [0.2, 0.25) is 0 Å². The second-order valence-electron chi connectivity index (χ2n) is 5.58. The minimum absolute atomic E-state index is 0.409. The van der Waals surface area contributed by atoms with Crippen molar-refractivity contribution < 1.29 is 10.0 Å². The molecule has 0 saturated carbocycles. The highest BCUT2D eigenvalue weighted by Crippen LogP contribution is 2.22. The predicted molar refractivity (Wildman–Crippen MR) is 99.9 cm³/mol. The zero-order valence-corrected chi connectivity index (χ0v) is 14.1. The molecule has 0 spiro atoms. The number of benzene rings is 3. The molecule has 0 fully saturated rings. The van der Waals surface area contributed by atoms with E-state index in [0.717, 1.165) is 22.4 Å². The van der Waals surface area contributed by atoms with Gasteiger partial charge in [-0.1, -0.05) is 41.9 Å². The summed E-state index contributed by atoms with van der Waals surface area (Å²) >= 11 is 5.89. The number of carbonyl (C=O) groups is 1. The quantitative estimate of drug-likeness (QED) is 0.459. The van der Waals surface area contributed by atoms with E-state index in [1.54, 1.807) is 17.6 Å². The van der Waals surface area contributed by atoms with Crippen LogP contribution in [0.3, 0.4) is 0 Å². The second kappa shape index (κ2) is 7.83. The van der Waals surface area contributed by atoms with Gasteiger partial charge in [-0.15, -0.1) is 0 Å². The second-order valence-corrected chi connectivity index (χ2v) is 6.02. The van der Waals surface area contributed by atoms with Crippen molar-refractivity contribution in [2.45, 2.75) is 6.54 Å². The van der Waals surface area contributed by atoms with Gasteiger partial charge >= 0.3 is 0 Å². The highest BCUT2D eigenvalue weighted by Gasteiger charge is 2.05. The monoisotopic (exact) mass is 352 g/mol. The van der Waals surface area contributed by atoms with Crippen molar-refractivity contribution in [3.63, 3.8) is 0 Å². The molecular formula is C20H17ClN2O2. The molecule has 5 heteroatoms. The molecule has 3 rings (SSSR count). The maximum absolute atomic E-state index is 11.4. The van der Waals surface area contributed by atoms with E-state index in [2.05, 4.69) is 17.4 Å². The average Bonchev–Trinajstić information content (AvgIpc) is 2.67. The van der Waals surface area contributed by atoms with E-state index in [0.29, 0.717) is 17.1 Å². The molecule has 3 aromatic carbocycles. The van der Waals surface area contributed by atoms with Gasteiger partial charge in [-0.2, -0.15) is 0 Å². The molecule has 0 radical (unpaired) electrons. The lowest BCUT2D eigenvalue weighted by molar-refractivity contribution is 0.0706. The molecule has 0 atom stereocenters. The van der Waals surface area contributed by atoms with Gasteiger partial charge in [0.05, 0.1) is 0 Å². The number of nitrogens with one attached hydrogen (secondary N) is 2. The SMILES string of the molecule is O=C(NO)c1ccc(-c2cccc(CNc3ccc(Cl)cc3)c2)cc1. The van der Waals surface area contributed by atoms with Gasteiger partial charge in [0.25, 0.3) is 5.91 Å². The summed E-state index contributed by atoms with van der Waals surface area (Å²) in [5.74, 6) is -0.521. The van der Waals surface area contributed by atoms with Crippen molar-refractivity contribution in [1.82, 2.24) is 5.48 Å². The van der Waals surface area contributed by atoms with Crippen LogP contribution in [0.5, 0.6) is 0 Å². The van der Waals surface area contributed by atoms with Crippen molar-refractivity contribution in [1.29, 1.82) is 0 Å². The van der Waals surface area contributed by atoms with E-state index in [1.807, 2.05) is 48.5 Å². The fraction of sp³-hybridized carbons (Fsp3) is 0.0500. The molecule has 1 amide bonds. The minimum atomic E-state index is -0.521. The number of hydroxylamine groups is 1. The number of hydrogen-bond donors (Lipinski definition) is 3. The van der Waals surface area contributed by atoms with Crippen LogP contribution in [-0.2, 0) is 6.54 Å². The van der Waals surface area contributed by atoms with Crippen LogP contribution in [0.2, 0.25) is 5.02 Å². The van der Waals surface area contributed by atoms with Crippen LogP contribution in [0.25, 0.3) is 11.1 Å². The van der Waals surface area contributed by atoms with Crippen molar-refractivity contribution in [3.05, 3.63) is 88.9 Å². The van der Waals surface area contributed by atoms with E-state index in [9.17, 15) is 4.79 Å². The first kappa shape index (κ1) is 17.0. The van der Waals surface area contributed by atoms with Gasteiger partial charge in [0, 0.05) is 22.8 Å². The Morgan fingerprint density at radius 2 is 1.64 bits per heavy atom. The Hall–Kier alpha value is -2.82. The number of hydrogen-bond acceptors (Lipinski definition) is 3. The molecule has 3 aromatic rings. The van der Waals surface area contributed by atoms with Gasteiger partial charge in [-0.05, 0) is 59.2 Å². The number of anilines is 1. The fourth-order valence-electron chi connectivity index (χ4n) is 2.51. The Balaban J connectivity index is 1.72. The molecule has 0 aliphatic carbocycles. The van der Waals surface area contributed by atoms with Gasteiger partial charge in [0.1, 0.15) is 0 Å². The van der Waals surface area contributed by atoms with E-state index < -0.39 is 5.91 Å². The van der Waals surface area contributed by atoms with Crippen LogP contribution in [0.1, 0.15) is 15.9 Å². The summed E-state index contributed by atoms with van der Waals surface area (Å²) in [6.45, 7) is 0.695. The zero-order valence-electron chi connectivity index (χ0n) is 13.4. The van der Waals surface area contributed by atoms with Crippen molar-refractivity contribution in [3.8, 4) is 11.1 Å². The summed E-state index contributed by atoms with van der Waals surface area (Å²) in [7, 11) is 0. The summed E-state index contributed by atoms with van der Waals surface area (Å²) < 4.78 is 0. The normalized spacial score (nSPS) is 10.3. The van der Waals surface area contributed by atoms with Crippen molar-refractivity contribution in [2.24, 2.45) is 0 Å². The molecule has 25 heavy (non-hydrogen) atoms. The first-order chi connectivity index (χ1) is 12.2. The molecule has 0 aromatic heterocycles. The largest absolute Gasteiger partial charge is 0.381 e. The van der Waals surface area contributed by atoms with E-state index in [4.69, 9.17) is 16.8 Å². The van der Waals surface area contributed by atoms with Gasteiger partial charge < -0.3 is 5.32 Å². The summed E-state index contributed by atoms with van der Waals surface area (Å²) in [4.78, 5) is 11.4. The van der Waals surface area contributed by atoms with Crippen LogP contribution in [-0.4, -0.2) is 11.1 Å². The summed E-state index contributed by atoms with van der Waals surface area (Å²) in [5.41, 5.74) is 6.25. The van der Waals surface area contributed by atoms with Crippen LogP contribution in [0.4, 0.5) is 5.69 Å². The van der Waals surface area contributed by atoms with Crippen LogP contribution in [0, 0.1) is 0 Å². The topological polar surface area (TPSA) is 61.4 Å². The smallest absolute Gasteiger partial charge is 0.274 e. The molecular weight excluding hydrogens is 336 g/mol. The standard InChI is InChI=1S/C20H17ClN2O2/c21-18-8-10-19(11-9-18)22-13-14-2-1-3-17(12-14)15-4-6-16(7-5-15)20(24)23-25/h1-12,22,25H,13H2,(H,23,24). The summed E-state index contributed by atoms with van der Waals surface area (Å²) in [6, 6.07) is 22.8. The first-order valence-corrected chi connectivity index (χ1v) is 8.17. The van der Waals surface area contributed by atoms with Crippen LogP contribution >= 0.6 is 11.6 Å². The van der Waals surface area contributed by atoms with E-state index >= 15 is 0 Å². The van der Waals surface area contributed by atoms with E-state index in [-0.39, 0.29) is 0 Å². The molecule has 4 nitrogen and oxygen atoms in total. The molecule has 3 N–H and O–H groups in total. The van der Waals surface area contributed by atoms with E-state index in [1.165, 1.54) is 0 Å². The lowest BCUT2D eigenvalue weighted by Gasteiger charge is -2.09. The number of rotatable bonds is 5. The third-order valence-electron chi connectivity index (χ3n) is 3.85. The Morgan fingerprint density at radius 1 is 0.920 bits per heavy atom. The van der Waals surface area contributed by atoms with Gasteiger partial charge in [0.15, 0.2) is 0 Å². The maximum Gasteiger partial charge on any atom is 0.274 e. The van der Waals surface area contributed by atoms with Crippen molar-refractivity contribution >= 4 is 23.2 Å². The third kappa shape index (κ3) is 4.38. The highest BCUT2D eigenvalue weighted by molar-refractivity contribution is 6.30. The lowest BCUT2D eigenvalue weighted by Crippen LogP contribution is -2.18. The van der Waals surface area contributed by atoms with Gasteiger partial charge in [-0.3, -0.25) is 10.0 Å². The van der Waals surface area contributed by atoms with Gasteiger partial charge in [-0.25, -0.2) is 5.48 Å². The Kier molecular flexibility index (Phi) is 5.33. The third-order valence-corrected chi connectivity index (χ3v) is 4.10. The molecule has 0 unspecified atom stereocenters. The molecule has 0 aliphatic rings. The molecule has 126 valence electrons. The Bertz CT molecular complexity index is 862. The zero-order chi connectivity index (χ0) is 17.6. The number of halogens is 1. The highest BCUT2D eigenvalue weighted by atomic mass is 35.5. The molecule has 0 saturated heterocycles. The summed E-state index contributed by atoms with van der Waals surface area (Å²) in [6.07, 6.45) is 0. The average molecular weight is 353 g/mol. The van der Waals surface area contributed by atoms with Crippen molar-refractivity contribution in [2.75, 3.05) is 5.32 Å². The maximum atomic E-state index is 11.4. The number of amides is 1. The minimum Gasteiger partial charge on any atom is -0.381 e.